The molecule has 0 atom stereocenters. The molecule has 2 heterocycles. The molecular formula is C25H16O2S2. The third kappa shape index (κ3) is 3.53. The van der Waals surface area contributed by atoms with E-state index in [1.54, 1.807) is 23.1 Å². The summed E-state index contributed by atoms with van der Waals surface area (Å²) in [6.45, 7) is 0. The highest BCUT2D eigenvalue weighted by Gasteiger charge is 2.15. The second-order valence-corrected chi connectivity index (χ2v) is 8.69. The molecule has 0 saturated heterocycles. The third-order valence-corrected chi connectivity index (χ3v) is 6.89. The Kier molecular flexibility index (Phi) is 4.80. The van der Waals surface area contributed by atoms with Gasteiger partial charge in [0.1, 0.15) is 11.5 Å². The van der Waals surface area contributed by atoms with Gasteiger partial charge < -0.3 is 4.74 Å². The molecule has 1 aliphatic rings. The zero-order valence-corrected chi connectivity index (χ0v) is 17.0. The lowest BCUT2D eigenvalue weighted by Crippen LogP contribution is -1.99. The van der Waals surface area contributed by atoms with E-state index in [1.165, 1.54) is 9.79 Å². The molecule has 0 saturated carbocycles. The first-order valence-electron chi connectivity index (χ1n) is 9.24. The van der Waals surface area contributed by atoms with E-state index in [2.05, 4.69) is 12.1 Å². The van der Waals surface area contributed by atoms with Crippen molar-refractivity contribution in [2.24, 2.45) is 0 Å². The van der Waals surface area contributed by atoms with E-state index in [0.29, 0.717) is 0 Å². The van der Waals surface area contributed by atoms with E-state index in [0.717, 1.165) is 31.7 Å². The van der Waals surface area contributed by atoms with Crippen LogP contribution in [-0.2, 0) is 0 Å². The molecule has 1 aromatic heterocycles. The van der Waals surface area contributed by atoms with Gasteiger partial charge in [-0.05, 0) is 48.5 Å². The number of benzene rings is 4. The Labute approximate surface area is 176 Å². The van der Waals surface area contributed by atoms with Crippen LogP contribution in [0.1, 0.15) is 0 Å². The quantitative estimate of drug-likeness (QED) is 0.244. The summed E-state index contributed by atoms with van der Waals surface area (Å²) in [4.78, 5) is 14.5. The first-order chi connectivity index (χ1) is 14.3. The van der Waals surface area contributed by atoms with Gasteiger partial charge in [-0.2, -0.15) is 0 Å². The van der Waals surface area contributed by atoms with Crippen molar-refractivity contribution in [1.82, 2.24) is 0 Å². The van der Waals surface area contributed by atoms with Gasteiger partial charge in [-0.25, -0.2) is 0 Å². The molecule has 140 valence electrons. The molecule has 0 bridgehead atoms. The summed E-state index contributed by atoms with van der Waals surface area (Å²) < 4.78 is 7.87. The van der Waals surface area contributed by atoms with Gasteiger partial charge in [-0.1, -0.05) is 60.3 Å². The molecule has 2 nitrogen and oxygen atoms in total. The van der Waals surface area contributed by atoms with E-state index in [9.17, 15) is 4.79 Å². The van der Waals surface area contributed by atoms with Crippen molar-refractivity contribution in [1.29, 1.82) is 0 Å². The molecule has 1 aliphatic heterocycles. The fourth-order valence-corrected chi connectivity index (χ4v) is 5.25. The fourth-order valence-electron chi connectivity index (χ4n) is 3.22. The maximum Gasteiger partial charge on any atom is 0.195 e. The highest BCUT2D eigenvalue weighted by Crippen LogP contribution is 2.46. The molecule has 4 heteroatoms. The molecular weight excluding hydrogens is 396 g/mol. The lowest BCUT2D eigenvalue weighted by Gasteiger charge is -2.18. The lowest BCUT2D eigenvalue weighted by molar-refractivity contribution is 0.454. The minimum atomic E-state index is 0.139. The zero-order chi connectivity index (χ0) is 19.6. The largest absolute Gasteiger partial charge is 0.455 e. The van der Waals surface area contributed by atoms with Crippen molar-refractivity contribution >= 4 is 43.3 Å². The Balaban J connectivity index is 0.000000125. The van der Waals surface area contributed by atoms with Crippen LogP contribution in [0.2, 0.25) is 0 Å². The summed E-state index contributed by atoms with van der Waals surface area (Å²) in [7, 11) is 0. The molecule has 0 unspecified atom stereocenters. The summed E-state index contributed by atoms with van der Waals surface area (Å²) >= 11 is 3.42. The van der Waals surface area contributed by atoms with E-state index < -0.39 is 0 Å². The van der Waals surface area contributed by atoms with Gasteiger partial charge in [0.2, 0.25) is 0 Å². The normalized spacial score (nSPS) is 11.7. The number of para-hydroxylation sites is 2. The summed E-state index contributed by atoms with van der Waals surface area (Å²) in [5.41, 5.74) is 0.139. The second kappa shape index (κ2) is 7.74. The van der Waals surface area contributed by atoms with Crippen LogP contribution < -0.4 is 10.2 Å². The molecule has 0 amide bonds. The first-order valence-corrected chi connectivity index (χ1v) is 10.9. The monoisotopic (exact) mass is 412 g/mol. The van der Waals surface area contributed by atoms with Gasteiger partial charge in [-0.3, -0.25) is 4.79 Å². The van der Waals surface area contributed by atoms with Crippen LogP contribution in [0, 0.1) is 0 Å². The van der Waals surface area contributed by atoms with Gasteiger partial charge in [0.15, 0.2) is 5.43 Å². The van der Waals surface area contributed by atoms with E-state index >= 15 is 0 Å². The summed E-state index contributed by atoms with van der Waals surface area (Å²) in [6.07, 6.45) is 0. The standard InChI is InChI=1S/C13H8OS.C12H8OS/c14-13-9-5-1-3-7-11(9)15-12-8-4-2-6-10(12)13;1-3-7-11-9(5-1)13-10-6-2-4-8-12(10)14-11/h1-8H;1-8H. The average molecular weight is 413 g/mol. The average Bonchev–Trinajstić information content (AvgIpc) is 2.78. The smallest absolute Gasteiger partial charge is 0.195 e. The molecule has 0 fully saturated rings. The Morgan fingerprint density at radius 3 is 1.55 bits per heavy atom. The van der Waals surface area contributed by atoms with Gasteiger partial charge >= 0.3 is 0 Å². The molecule has 0 spiro atoms. The third-order valence-electron chi connectivity index (χ3n) is 4.62. The predicted octanol–water partition coefficient (Wildman–Crippen LogP) is 7.36. The Morgan fingerprint density at radius 2 is 1.00 bits per heavy atom. The van der Waals surface area contributed by atoms with Crippen molar-refractivity contribution in [3.8, 4) is 11.5 Å². The minimum Gasteiger partial charge on any atom is -0.455 e. The second-order valence-electron chi connectivity index (χ2n) is 6.52. The van der Waals surface area contributed by atoms with E-state index in [-0.39, 0.29) is 5.43 Å². The van der Waals surface area contributed by atoms with Crippen LogP contribution in [0.3, 0.4) is 0 Å². The Bertz CT molecular complexity index is 1240. The van der Waals surface area contributed by atoms with Gasteiger partial charge in [0.05, 0.1) is 9.79 Å². The molecule has 4 aromatic carbocycles. The highest BCUT2D eigenvalue weighted by atomic mass is 32.2. The van der Waals surface area contributed by atoms with Crippen molar-refractivity contribution in [2.75, 3.05) is 0 Å². The number of rotatable bonds is 0. The van der Waals surface area contributed by atoms with Gasteiger partial charge in [0.25, 0.3) is 0 Å². The van der Waals surface area contributed by atoms with E-state index in [1.807, 2.05) is 84.9 Å². The van der Waals surface area contributed by atoms with Crippen LogP contribution in [0.15, 0.2) is 112 Å². The SMILES string of the molecule is O=c1c2ccccc2sc2ccccc12.c1ccc2c(c1)Oc1ccccc1S2. The van der Waals surface area contributed by atoms with Crippen LogP contribution in [-0.4, -0.2) is 0 Å². The topological polar surface area (TPSA) is 26.3 Å². The number of ether oxygens (including phenoxy) is 1. The fraction of sp³-hybridized carbons (Fsp3) is 0. The molecule has 5 aromatic rings. The zero-order valence-electron chi connectivity index (χ0n) is 15.4. The maximum atomic E-state index is 12.1. The summed E-state index contributed by atoms with van der Waals surface area (Å²) in [5.74, 6) is 1.91. The Hall–Kier alpha value is -3.08. The predicted molar refractivity (Wildman–Crippen MR) is 123 cm³/mol. The number of fused-ring (bicyclic) bond motifs is 4. The van der Waals surface area contributed by atoms with Crippen LogP contribution in [0.25, 0.3) is 20.2 Å². The highest BCUT2D eigenvalue weighted by molar-refractivity contribution is 7.99. The minimum absolute atomic E-state index is 0.139. The van der Waals surface area contributed by atoms with E-state index in [4.69, 9.17) is 4.74 Å². The lowest BCUT2D eigenvalue weighted by atomic mass is 10.2. The molecule has 29 heavy (non-hydrogen) atoms. The van der Waals surface area contributed by atoms with Crippen LogP contribution in [0.5, 0.6) is 11.5 Å². The molecule has 6 rings (SSSR count). The van der Waals surface area contributed by atoms with Crippen molar-refractivity contribution in [3.63, 3.8) is 0 Å². The summed E-state index contributed by atoms with van der Waals surface area (Å²) in [6, 6.07) is 31.7. The molecule has 0 N–H and O–H groups in total. The first kappa shape index (κ1) is 18.0. The van der Waals surface area contributed by atoms with Crippen molar-refractivity contribution in [2.45, 2.75) is 9.79 Å². The van der Waals surface area contributed by atoms with Crippen LogP contribution >= 0.6 is 23.1 Å². The van der Waals surface area contributed by atoms with Crippen molar-refractivity contribution in [3.05, 3.63) is 107 Å². The molecule has 0 aliphatic carbocycles. The van der Waals surface area contributed by atoms with Crippen LogP contribution in [0.4, 0.5) is 0 Å². The number of hydrogen-bond donors (Lipinski definition) is 0. The van der Waals surface area contributed by atoms with Gasteiger partial charge in [0, 0.05) is 20.2 Å². The summed E-state index contributed by atoms with van der Waals surface area (Å²) in [5, 5.41) is 1.64. The maximum absolute atomic E-state index is 12.1. The Morgan fingerprint density at radius 1 is 0.552 bits per heavy atom. The van der Waals surface area contributed by atoms with Gasteiger partial charge in [-0.15, -0.1) is 11.3 Å². The van der Waals surface area contributed by atoms with Crippen molar-refractivity contribution < 1.29 is 4.74 Å². The molecule has 0 radical (unpaired) electrons. The number of hydrogen-bond acceptors (Lipinski definition) is 4.